The molecule has 23 heavy (non-hydrogen) atoms. The second kappa shape index (κ2) is 9.53. The van der Waals surface area contributed by atoms with Crippen molar-refractivity contribution in [3.05, 3.63) is 29.8 Å². The van der Waals surface area contributed by atoms with Gasteiger partial charge in [-0.15, -0.1) is 12.4 Å². The van der Waals surface area contributed by atoms with Crippen LogP contribution < -0.4 is 16.4 Å². The number of nitrogens with two attached hydrogens (primary N) is 1. The first-order chi connectivity index (χ1) is 10.5. The van der Waals surface area contributed by atoms with Gasteiger partial charge in [0.1, 0.15) is 0 Å². The highest BCUT2D eigenvalue weighted by molar-refractivity contribution is 5.88. The van der Waals surface area contributed by atoms with Gasteiger partial charge in [0.05, 0.1) is 0 Å². The van der Waals surface area contributed by atoms with Crippen LogP contribution in [0.25, 0.3) is 0 Å². The van der Waals surface area contributed by atoms with Crippen LogP contribution in [0, 0.1) is 5.92 Å². The number of hydrogen-bond acceptors (Lipinski definition) is 3. The van der Waals surface area contributed by atoms with E-state index in [0.29, 0.717) is 18.9 Å². The second-order valence-electron chi connectivity index (χ2n) is 6.07. The normalized spacial score (nSPS) is 20.3. The predicted molar refractivity (Wildman–Crippen MR) is 94.4 cm³/mol. The molecule has 1 saturated carbocycles. The molecule has 128 valence electrons. The number of carbonyl (C=O) groups excluding carboxylic acids is 2. The molecule has 2 rings (SSSR count). The summed E-state index contributed by atoms with van der Waals surface area (Å²) in [5, 5.41) is 5.66. The van der Waals surface area contributed by atoms with E-state index < -0.39 is 0 Å². The lowest BCUT2D eigenvalue weighted by molar-refractivity contribution is -0.122. The summed E-state index contributed by atoms with van der Waals surface area (Å²) < 4.78 is 0. The van der Waals surface area contributed by atoms with Gasteiger partial charge in [-0.3, -0.25) is 9.59 Å². The number of nitrogens with one attached hydrogen (secondary N) is 2. The first kappa shape index (κ1) is 19.5. The fraction of sp³-hybridized carbons (Fsp3) is 0.529. The van der Waals surface area contributed by atoms with Gasteiger partial charge >= 0.3 is 0 Å². The zero-order valence-corrected chi connectivity index (χ0v) is 14.3. The van der Waals surface area contributed by atoms with E-state index in [1.54, 1.807) is 0 Å². The lowest BCUT2D eigenvalue weighted by Gasteiger charge is -2.27. The molecule has 0 saturated heterocycles. The Morgan fingerprint density at radius 3 is 2.43 bits per heavy atom. The summed E-state index contributed by atoms with van der Waals surface area (Å²) in [5.41, 5.74) is 7.85. The molecular formula is C17H26ClN3O2. The maximum atomic E-state index is 12.0. The molecular weight excluding hydrogens is 314 g/mol. The number of amides is 2. The molecule has 1 aliphatic carbocycles. The summed E-state index contributed by atoms with van der Waals surface area (Å²) in [6.07, 6.45) is 4.96. The van der Waals surface area contributed by atoms with Gasteiger partial charge < -0.3 is 16.4 Å². The van der Waals surface area contributed by atoms with Crippen molar-refractivity contribution < 1.29 is 9.59 Å². The van der Waals surface area contributed by atoms with Gasteiger partial charge in [-0.1, -0.05) is 25.0 Å². The van der Waals surface area contributed by atoms with Gasteiger partial charge in [-0.05, 0) is 36.5 Å². The molecule has 4 N–H and O–H groups in total. The molecule has 2 atom stereocenters. The zero-order valence-electron chi connectivity index (χ0n) is 13.5. The highest BCUT2D eigenvalue weighted by Crippen LogP contribution is 2.25. The van der Waals surface area contributed by atoms with Crippen LogP contribution in [0.1, 0.15) is 44.6 Å². The minimum Gasteiger partial charge on any atom is -0.352 e. The van der Waals surface area contributed by atoms with Crippen molar-refractivity contribution in [2.24, 2.45) is 11.7 Å². The van der Waals surface area contributed by atoms with Crippen LogP contribution in [-0.4, -0.2) is 17.9 Å². The van der Waals surface area contributed by atoms with Crippen LogP contribution >= 0.6 is 12.4 Å². The van der Waals surface area contributed by atoms with E-state index in [2.05, 4.69) is 10.6 Å². The van der Waals surface area contributed by atoms with Crippen molar-refractivity contribution in [2.45, 2.75) is 51.6 Å². The van der Waals surface area contributed by atoms with Crippen molar-refractivity contribution in [2.75, 3.05) is 5.32 Å². The third-order valence-electron chi connectivity index (χ3n) is 4.18. The van der Waals surface area contributed by atoms with Crippen LogP contribution in [0.15, 0.2) is 24.3 Å². The van der Waals surface area contributed by atoms with Crippen molar-refractivity contribution in [1.82, 2.24) is 5.32 Å². The Kier molecular flexibility index (Phi) is 8.06. The largest absolute Gasteiger partial charge is 0.352 e. The number of rotatable bonds is 5. The fourth-order valence-electron chi connectivity index (χ4n) is 2.91. The average Bonchev–Trinajstić information content (AvgIpc) is 2.48. The van der Waals surface area contributed by atoms with E-state index >= 15 is 0 Å². The Labute approximate surface area is 143 Å². The summed E-state index contributed by atoms with van der Waals surface area (Å²) in [5.74, 6) is 0.286. The molecule has 2 unspecified atom stereocenters. The third kappa shape index (κ3) is 6.59. The molecule has 1 aliphatic rings. The minimum absolute atomic E-state index is 0. The summed E-state index contributed by atoms with van der Waals surface area (Å²) in [6, 6.07) is 7.63. The van der Waals surface area contributed by atoms with E-state index in [4.69, 9.17) is 5.73 Å². The van der Waals surface area contributed by atoms with E-state index in [0.717, 1.165) is 24.1 Å². The third-order valence-corrected chi connectivity index (χ3v) is 4.18. The standard InChI is InChI=1S/C17H25N3O2.ClH/c1-12(21)20-15-8-6-13(7-9-15)11-19-17(22)10-14-4-2-3-5-16(14)18;/h6-9,14,16H,2-5,10-11,18H2,1H3,(H,19,22)(H,20,21);1H. The molecule has 5 nitrogen and oxygen atoms in total. The van der Waals surface area contributed by atoms with Crippen molar-refractivity contribution in [1.29, 1.82) is 0 Å². The molecule has 0 aromatic heterocycles. The summed E-state index contributed by atoms with van der Waals surface area (Å²) in [6.45, 7) is 1.98. The molecule has 2 amide bonds. The summed E-state index contributed by atoms with van der Waals surface area (Å²) >= 11 is 0. The maximum absolute atomic E-state index is 12.0. The van der Waals surface area contributed by atoms with Crippen LogP contribution in [-0.2, 0) is 16.1 Å². The van der Waals surface area contributed by atoms with Crippen LogP contribution in [0.5, 0.6) is 0 Å². The molecule has 0 aliphatic heterocycles. The summed E-state index contributed by atoms with van der Waals surface area (Å²) in [7, 11) is 0. The van der Waals surface area contributed by atoms with E-state index in [1.807, 2.05) is 24.3 Å². The number of halogens is 1. The fourth-order valence-corrected chi connectivity index (χ4v) is 2.91. The summed E-state index contributed by atoms with van der Waals surface area (Å²) in [4.78, 5) is 23.0. The lowest BCUT2D eigenvalue weighted by Crippen LogP contribution is -2.36. The molecule has 6 heteroatoms. The van der Waals surface area contributed by atoms with Crippen molar-refractivity contribution in [3.63, 3.8) is 0 Å². The predicted octanol–water partition coefficient (Wildman–Crippen LogP) is 2.59. The monoisotopic (exact) mass is 339 g/mol. The molecule has 1 aromatic carbocycles. The zero-order chi connectivity index (χ0) is 15.9. The highest BCUT2D eigenvalue weighted by Gasteiger charge is 2.23. The Hall–Kier alpha value is -1.59. The first-order valence-corrected chi connectivity index (χ1v) is 7.93. The van der Waals surface area contributed by atoms with E-state index in [9.17, 15) is 9.59 Å². The molecule has 0 bridgehead atoms. The van der Waals surface area contributed by atoms with Gasteiger partial charge in [0, 0.05) is 31.6 Å². The van der Waals surface area contributed by atoms with Gasteiger partial charge in [0.2, 0.25) is 11.8 Å². The Morgan fingerprint density at radius 2 is 1.83 bits per heavy atom. The number of carbonyl (C=O) groups is 2. The van der Waals surface area contributed by atoms with E-state index in [-0.39, 0.29) is 30.3 Å². The van der Waals surface area contributed by atoms with Gasteiger partial charge in [0.25, 0.3) is 0 Å². The number of anilines is 1. The Bertz CT molecular complexity index is 519. The Balaban J connectivity index is 0.00000264. The molecule has 0 heterocycles. The van der Waals surface area contributed by atoms with E-state index in [1.165, 1.54) is 19.8 Å². The molecule has 0 spiro atoms. The average molecular weight is 340 g/mol. The lowest BCUT2D eigenvalue weighted by atomic mass is 9.83. The maximum Gasteiger partial charge on any atom is 0.221 e. The van der Waals surface area contributed by atoms with Crippen LogP contribution in [0.2, 0.25) is 0 Å². The van der Waals surface area contributed by atoms with Gasteiger partial charge in [0.15, 0.2) is 0 Å². The van der Waals surface area contributed by atoms with Crippen molar-refractivity contribution in [3.8, 4) is 0 Å². The second-order valence-corrected chi connectivity index (χ2v) is 6.07. The molecule has 1 fully saturated rings. The highest BCUT2D eigenvalue weighted by atomic mass is 35.5. The number of benzene rings is 1. The molecule has 0 radical (unpaired) electrons. The SMILES string of the molecule is CC(=O)Nc1ccc(CNC(=O)CC2CCCCC2N)cc1.Cl. The smallest absolute Gasteiger partial charge is 0.221 e. The van der Waals surface area contributed by atoms with Gasteiger partial charge in [-0.2, -0.15) is 0 Å². The quantitative estimate of drug-likeness (QED) is 0.770. The number of hydrogen-bond donors (Lipinski definition) is 3. The molecule has 1 aromatic rings. The van der Waals surface area contributed by atoms with Crippen molar-refractivity contribution >= 4 is 29.9 Å². The first-order valence-electron chi connectivity index (χ1n) is 7.93. The van der Waals surface area contributed by atoms with Crippen LogP contribution in [0.4, 0.5) is 5.69 Å². The Morgan fingerprint density at radius 1 is 1.17 bits per heavy atom. The van der Waals surface area contributed by atoms with Gasteiger partial charge in [-0.25, -0.2) is 0 Å². The van der Waals surface area contributed by atoms with Crippen LogP contribution in [0.3, 0.4) is 0 Å². The minimum atomic E-state index is -0.0927. The topological polar surface area (TPSA) is 84.2 Å².